The van der Waals surface area contributed by atoms with Gasteiger partial charge in [-0.05, 0) is 5.53 Å². The van der Waals surface area contributed by atoms with Crippen molar-refractivity contribution in [3.8, 4) is 0 Å². The van der Waals surface area contributed by atoms with Gasteiger partial charge in [0.25, 0.3) is 0 Å². The Morgan fingerprint density at radius 2 is 2.45 bits per heavy atom. The molecule has 1 aromatic heterocycles. The number of nitrogens with zero attached hydrogens (tertiary/aromatic N) is 6. The summed E-state index contributed by atoms with van der Waals surface area (Å²) in [6, 6.07) is 0. The Hall–Kier alpha value is -2.27. The zero-order valence-electron chi connectivity index (χ0n) is 9.87. The van der Waals surface area contributed by atoms with E-state index in [1.54, 1.807) is 0 Å². The number of nitrogens with two attached hydrogens (primary N) is 1. The van der Waals surface area contributed by atoms with E-state index < -0.39 is 36.5 Å². The summed E-state index contributed by atoms with van der Waals surface area (Å²) < 4.78 is 19.5. The third-order valence-electron chi connectivity index (χ3n) is 2.78. The standard InChI is InChI=1S/C8H10FN7O4/c9-4-5(18)8(2-17,14-15-11)20-6(4)16-7(19)13-3(10)1-12-16/h1,4-6,17-18H,2H2,(H2,10,13,19). The first-order valence-corrected chi connectivity index (χ1v) is 5.33. The number of alkyl halides is 1. The molecule has 0 spiro atoms. The van der Waals surface area contributed by atoms with E-state index in [-0.39, 0.29) is 5.82 Å². The normalized spacial score (nSPS) is 32.9. The molecule has 0 saturated carbocycles. The summed E-state index contributed by atoms with van der Waals surface area (Å²) >= 11 is 0. The molecule has 0 aliphatic carbocycles. The van der Waals surface area contributed by atoms with E-state index in [1.165, 1.54) is 0 Å². The lowest BCUT2D eigenvalue weighted by atomic mass is 10.1. The number of hydrogen-bond donors (Lipinski definition) is 3. The van der Waals surface area contributed by atoms with Crippen LogP contribution in [0.5, 0.6) is 0 Å². The van der Waals surface area contributed by atoms with E-state index in [1.807, 2.05) is 0 Å². The van der Waals surface area contributed by atoms with E-state index in [2.05, 4.69) is 20.1 Å². The molecular weight excluding hydrogens is 277 g/mol. The van der Waals surface area contributed by atoms with Crippen LogP contribution in [-0.2, 0) is 4.74 Å². The van der Waals surface area contributed by atoms with Crippen molar-refractivity contribution < 1.29 is 19.3 Å². The van der Waals surface area contributed by atoms with Crippen molar-refractivity contribution in [1.29, 1.82) is 0 Å². The minimum Gasteiger partial charge on any atom is -0.393 e. The fourth-order valence-corrected chi connectivity index (χ4v) is 1.79. The van der Waals surface area contributed by atoms with Gasteiger partial charge in [-0.1, -0.05) is 5.11 Å². The van der Waals surface area contributed by atoms with E-state index in [0.717, 1.165) is 6.20 Å². The fourth-order valence-electron chi connectivity index (χ4n) is 1.79. The van der Waals surface area contributed by atoms with Gasteiger partial charge in [-0.2, -0.15) is 14.8 Å². The van der Waals surface area contributed by atoms with E-state index in [0.29, 0.717) is 4.68 Å². The van der Waals surface area contributed by atoms with Crippen LogP contribution >= 0.6 is 0 Å². The summed E-state index contributed by atoms with van der Waals surface area (Å²) in [7, 11) is 0. The SMILES string of the molecule is [N-]=[N+]=NC1(CO)OC(n2ncc(N)nc2=O)C(F)C1O. The molecule has 0 amide bonds. The van der Waals surface area contributed by atoms with Crippen LogP contribution in [0.3, 0.4) is 0 Å². The van der Waals surface area contributed by atoms with Crippen molar-refractivity contribution in [2.75, 3.05) is 12.3 Å². The third kappa shape index (κ3) is 2.06. The number of aliphatic hydroxyl groups excluding tert-OH is 2. The molecule has 0 bridgehead atoms. The second-order valence-electron chi connectivity index (χ2n) is 4.00. The predicted octanol–water partition coefficient (Wildman–Crippen LogP) is -1.55. The molecule has 4 N–H and O–H groups in total. The highest BCUT2D eigenvalue weighted by molar-refractivity contribution is 5.19. The fraction of sp³-hybridized carbons (Fsp3) is 0.625. The van der Waals surface area contributed by atoms with E-state index in [4.69, 9.17) is 21.1 Å². The maximum Gasteiger partial charge on any atom is 0.368 e. The molecule has 1 aliphatic heterocycles. The lowest BCUT2D eigenvalue weighted by Crippen LogP contribution is -2.43. The van der Waals surface area contributed by atoms with Crippen LogP contribution < -0.4 is 11.4 Å². The molecule has 11 nitrogen and oxygen atoms in total. The monoisotopic (exact) mass is 287 g/mol. The molecule has 1 aromatic rings. The highest BCUT2D eigenvalue weighted by Crippen LogP contribution is 2.39. The van der Waals surface area contributed by atoms with Gasteiger partial charge in [0.15, 0.2) is 12.4 Å². The second-order valence-corrected chi connectivity index (χ2v) is 4.00. The molecule has 20 heavy (non-hydrogen) atoms. The zero-order chi connectivity index (χ0) is 14.9. The van der Waals surface area contributed by atoms with Crippen molar-refractivity contribution in [3.05, 3.63) is 27.1 Å². The Labute approximate surface area is 110 Å². The Morgan fingerprint density at radius 1 is 1.75 bits per heavy atom. The van der Waals surface area contributed by atoms with Crippen molar-refractivity contribution >= 4 is 5.82 Å². The van der Waals surface area contributed by atoms with E-state index in [9.17, 15) is 14.3 Å². The van der Waals surface area contributed by atoms with Gasteiger partial charge in [-0.3, -0.25) is 0 Å². The molecule has 108 valence electrons. The molecule has 1 aliphatic rings. The van der Waals surface area contributed by atoms with Gasteiger partial charge in [0, 0.05) is 4.91 Å². The van der Waals surface area contributed by atoms with Crippen LogP contribution in [-0.4, -0.2) is 49.6 Å². The lowest BCUT2D eigenvalue weighted by molar-refractivity contribution is -0.127. The van der Waals surface area contributed by atoms with Crippen LogP contribution in [0.15, 0.2) is 16.1 Å². The number of nitrogen functional groups attached to an aromatic ring is 1. The molecule has 2 rings (SSSR count). The number of ether oxygens (including phenoxy) is 1. The average molecular weight is 287 g/mol. The molecule has 1 fully saturated rings. The van der Waals surface area contributed by atoms with Crippen molar-refractivity contribution in [2.45, 2.75) is 24.2 Å². The van der Waals surface area contributed by atoms with Crippen molar-refractivity contribution in [1.82, 2.24) is 14.8 Å². The Kier molecular flexibility index (Phi) is 3.55. The van der Waals surface area contributed by atoms with Gasteiger partial charge in [-0.15, -0.1) is 0 Å². The summed E-state index contributed by atoms with van der Waals surface area (Å²) in [6.45, 7) is -0.980. The number of azide groups is 1. The second kappa shape index (κ2) is 5.02. The quantitative estimate of drug-likeness (QED) is 0.342. The summed E-state index contributed by atoms with van der Waals surface area (Å²) in [6.07, 6.45) is -4.86. The van der Waals surface area contributed by atoms with Gasteiger partial charge in [-0.25, -0.2) is 9.18 Å². The number of rotatable bonds is 3. The maximum atomic E-state index is 14.0. The molecule has 0 radical (unpaired) electrons. The largest absolute Gasteiger partial charge is 0.393 e. The number of aromatic nitrogens is 3. The molecule has 4 atom stereocenters. The Morgan fingerprint density at radius 3 is 3.00 bits per heavy atom. The van der Waals surface area contributed by atoms with Gasteiger partial charge < -0.3 is 20.7 Å². The number of halogens is 1. The predicted molar refractivity (Wildman–Crippen MR) is 60.7 cm³/mol. The van der Waals surface area contributed by atoms with Crippen LogP contribution in [0.2, 0.25) is 0 Å². The van der Waals surface area contributed by atoms with Gasteiger partial charge in [0.05, 0.1) is 12.8 Å². The molecular formula is C8H10FN7O4. The summed E-state index contributed by atoms with van der Waals surface area (Å²) in [4.78, 5) is 17.3. The molecule has 2 heterocycles. The molecule has 0 aromatic carbocycles. The summed E-state index contributed by atoms with van der Waals surface area (Å²) in [5, 5.41) is 25.4. The number of anilines is 1. The van der Waals surface area contributed by atoms with E-state index >= 15 is 0 Å². The first-order valence-electron chi connectivity index (χ1n) is 5.33. The van der Waals surface area contributed by atoms with Gasteiger partial charge >= 0.3 is 5.69 Å². The first-order chi connectivity index (χ1) is 9.45. The topological polar surface area (TPSA) is 172 Å². The van der Waals surface area contributed by atoms with Gasteiger partial charge in [0.1, 0.15) is 11.9 Å². The van der Waals surface area contributed by atoms with Gasteiger partial charge in [0.2, 0.25) is 5.72 Å². The highest BCUT2D eigenvalue weighted by Gasteiger charge is 2.56. The Bertz CT molecular complexity index is 617. The summed E-state index contributed by atoms with van der Waals surface area (Å²) in [5.74, 6) is -0.177. The third-order valence-corrected chi connectivity index (χ3v) is 2.78. The highest BCUT2D eigenvalue weighted by atomic mass is 19.1. The molecule has 4 unspecified atom stereocenters. The van der Waals surface area contributed by atoms with Crippen LogP contribution in [0.4, 0.5) is 10.2 Å². The first kappa shape index (κ1) is 14.1. The maximum absolute atomic E-state index is 14.0. The smallest absolute Gasteiger partial charge is 0.368 e. The van der Waals surface area contributed by atoms with Crippen molar-refractivity contribution in [3.63, 3.8) is 0 Å². The minimum absolute atomic E-state index is 0.177. The summed E-state index contributed by atoms with van der Waals surface area (Å²) in [5.41, 5.74) is 10.4. The Balaban J connectivity index is 2.45. The minimum atomic E-state index is -2.23. The van der Waals surface area contributed by atoms with Crippen LogP contribution in [0, 0.1) is 0 Å². The molecule has 1 saturated heterocycles. The van der Waals surface area contributed by atoms with Crippen molar-refractivity contribution in [2.24, 2.45) is 5.11 Å². The zero-order valence-corrected chi connectivity index (χ0v) is 9.87. The average Bonchev–Trinajstić information content (AvgIpc) is 2.65. The lowest BCUT2D eigenvalue weighted by Gasteiger charge is -2.23. The number of hydrogen-bond acceptors (Lipinski definition) is 8. The number of aliphatic hydroxyl groups is 2. The van der Waals surface area contributed by atoms with Crippen LogP contribution in [0.25, 0.3) is 10.4 Å². The molecule has 12 heteroatoms. The van der Waals surface area contributed by atoms with Crippen LogP contribution in [0.1, 0.15) is 6.23 Å².